The molecule has 0 atom stereocenters. The van der Waals surface area contributed by atoms with Gasteiger partial charge in [-0.25, -0.2) is 0 Å². The number of thiol groups is 1. The molecule has 0 heterocycles. The van der Waals surface area contributed by atoms with Gasteiger partial charge in [0.2, 0.25) is 0 Å². The predicted molar refractivity (Wildman–Crippen MR) is 97.7 cm³/mol. The van der Waals surface area contributed by atoms with Gasteiger partial charge in [0.1, 0.15) is 0 Å². The Morgan fingerprint density at radius 3 is 1.67 bits per heavy atom. The monoisotopic (exact) mass is 316 g/mol. The van der Waals surface area contributed by atoms with Gasteiger partial charge in [0.05, 0.1) is 0 Å². The van der Waals surface area contributed by atoms with E-state index in [1.54, 1.807) is 0 Å². The van der Waals surface area contributed by atoms with Crippen LogP contribution in [0.5, 0.6) is 0 Å². The Labute approximate surface area is 138 Å². The van der Waals surface area contributed by atoms with Crippen molar-refractivity contribution in [2.45, 2.75) is 54.6 Å². The lowest BCUT2D eigenvalue weighted by Crippen LogP contribution is -2.12. The Balaban J connectivity index is 2.18. The summed E-state index contributed by atoms with van der Waals surface area (Å²) in [6, 6.07) is 17.4. The average Bonchev–Trinajstić information content (AvgIpc) is 2.38. The standard InChI is InChI=1S/C19H24S2/c1-18(2,3)14-8-12-17(13-9-14)21-19(4,5)15-6-10-16(20)11-7-15/h6-13,20H,1-5H3. The molecule has 112 valence electrons. The molecule has 0 saturated heterocycles. The molecule has 2 heteroatoms. The van der Waals surface area contributed by atoms with Crippen molar-refractivity contribution in [1.82, 2.24) is 0 Å². The van der Waals surface area contributed by atoms with Gasteiger partial charge in [-0.05, 0) is 54.7 Å². The summed E-state index contributed by atoms with van der Waals surface area (Å²) in [5.74, 6) is 0. The zero-order chi connectivity index (χ0) is 15.7. The third kappa shape index (κ3) is 4.31. The fraction of sp³-hybridized carbons (Fsp3) is 0.368. The molecule has 0 unspecified atom stereocenters. The van der Waals surface area contributed by atoms with E-state index in [2.05, 4.69) is 95.8 Å². The Morgan fingerprint density at radius 2 is 1.19 bits per heavy atom. The van der Waals surface area contributed by atoms with Crippen LogP contribution in [0.15, 0.2) is 58.3 Å². The predicted octanol–water partition coefficient (Wildman–Crippen LogP) is 6.30. The normalized spacial score (nSPS) is 12.5. The highest BCUT2D eigenvalue weighted by Crippen LogP contribution is 2.41. The van der Waals surface area contributed by atoms with Gasteiger partial charge in [-0.1, -0.05) is 45.0 Å². The highest BCUT2D eigenvalue weighted by atomic mass is 32.2. The summed E-state index contributed by atoms with van der Waals surface area (Å²) >= 11 is 6.26. The smallest absolute Gasteiger partial charge is 0.0399 e. The lowest BCUT2D eigenvalue weighted by molar-refractivity contribution is 0.589. The minimum atomic E-state index is 0.0464. The molecule has 0 radical (unpaired) electrons. The van der Waals surface area contributed by atoms with Crippen molar-refractivity contribution < 1.29 is 0 Å². The summed E-state index contributed by atoms with van der Waals surface area (Å²) in [7, 11) is 0. The molecule has 2 rings (SSSR count). The van der Waals surface area contributed by atoms with Crippen molar-refractivity contribution in [3.05, 3.63) is 59.7 Å². The summed E-state index contributed by atoms with van der Waals surface area (Å²) < 4.78 is 0.0464. The van der Waals surface area contributed by atoms with Crippen LogP contribution in [-0.2, 0) is 10.2 Å². The molecule has 21 heavy (non-hydrogen) atoms. The molecular formula is C19H24S2. The Bertz CT molecular complexity index is 587. The number of rotatable bonds is 3. The van der Waals surface area contributed by atoms with E-state index in [1.165, 1.54) is 16.0 Å². The molecule has 2 aromatic rings. The molecule has 0 spiro atoms. The second kappa shape index (κ2) is 6.10. The van der Waals surface area contributed by atoms with E-state index in [9.17, 15) is 0 Å². The van der Waals surface area contributed by atoms with Gasteiger partial charge in [0, 0.05) is 14.5 Å². The first-order valence-corrected chi connectivity index (χ1v) is 8.54. The molecule has 2 aromatic carbocycles. The quantitative estimate of drug-likeness (QED) is 0.512. The van der Waals surface area contributed by atoms with Crippen molar-refractivity contribution in [1.29, 1.82) is 0 Å². The van der Waals surface area contributed by atoms with Crippen LogP contribution in [-0.4, -0.2) is 0 Å². The number of thioether (sulfide) groups is 1. The van der Waals surface area contributed by atoms with Crippen LogP contribution in [0.1, 0.15) is 45.7 Å². The molecule has 0 amide bonds. The molecule has 0 aliphatic carbocycles. The number of hydrogen-bond donors (Lipinski definition) is 1. The third-order valence-corrected chi connectivity index (χ3v) is 5.21. The van der Waals surface area contributed by atoms with Crippen LogP contribution >= 0.6 is 24.4 Å². The van der Waals surface area contributed by atoms with E-state index in [1.807, 2.05) is 11.8 Å². The SMILES string of the molecule is CC(C)(C)c1ccc(SC(C)(C)c2ccc(S)cc2)cc1. The van der Waals surface area contributed by atoms with Crippen LogP contribution in [0.25, 0.3) is 0 Å². The van der Waals surface area contributed by atoms with E-state index >= 15 is 0 Å². The molecule has 0 aliphatic rings. The molecule has 0 aromatic heterocycles. The van der Waals surface area contributed by atoms with E-state index in [0.29, 0.717) is 0 Å². The van der Waals surface area contributed by atoms with Gasteiger partial charge in [0.25, 0.3) is 0 Å². The van der Waals surface area contributed by atoms with Crippen LogP contribution in [0.4, 0.5) is 0 Å². The summed E-state index contributed by atoms with van der Waals surface area (Å²) in [4.78, 5) is 2.32. The minimum Gasteiger partial charge on any atom is -0.143 e. The third-order valence-electron chi connectivity index (χ3n) is 3.66. The van der Waals surface area contributed by atoms with E-state index in [4.69, 9.17) is 0 Å². The summed E-state index contributed by atoms with van der Waals surface area (Å²) in [6.07, 6.45) is 0. The number of hydrogen-bond acceptors (Lipinski definition) is 2. The molecule has 0 aliphatic heterocycles. The fourth-order valence-electron chi connectivity index (χ4n) is 2.24. The topological polar surface area (TPSA) is 0 Å². The molecule has 0 saturated carbocycles. The average molecular weight is 317 g/mol. The zero-order valence-electron chi connectivity index (χ0n) is 13.5. The fourth-order valence-corrected chi connectivity index (χ4v) is 3.50. The molecule has 0 bridgehead atoms. The molecule has 0 nitrogen and oxygen atoms in total. The maximum absolute atomic E-state index is 4.36. The van der Waals surface area contributed by atoms with Crippen LogP contribution < -0.4 is 0 Å². The molecular weight excluding hydrogens is 292 g/mol. The van der Waals surface area contributed by atoms with Gasteiger partial charge in [-0.2, -0.15) is 0 Å². The first kappa shape index (κ1) is 16.5. The first-order valence-electron chi connectivity index (χ1n) is 7.27. The summed E-state index contributed by atoms with van der Waals surface area (Å²) in [5, 5.41) is 0. The second-order valence-corrected chi connectivity index (χ2v) is 9.15. The molecule has 0 fully saturated rings. The van der Waals surface area contributed by atoms with Crippen LogP contribution in [0.3, 0.4) is 0 Å². The van der Waals surface area contributed by atoms with Crippen molar-refractivity contribution in [3.8, 4) is 0 Å². The maximum atomic E-state index is 4.36. The van der Waals surface area contributed by atoms with Gasteiger partial charge in [0.15, 0.2) is 0 Å². The first-order chi connectivity index (χ1) is 9.68. The van der Waals surface area contributed by atoms with Crippen LogP contribution in [0, 0.1) is 0 Å². The van der Waals surface area contributed by atoms with E-state index in [-0.39, 0.29) is 10.2 Å². The van der Waals surface area contributed by atoms with Crippen molar-refractivity contribution in [2.24, 2.45) is 0 Å². The summed E-state index contributed by atoms with van der Waals surface area (Å²) in [6.45, 7) is 11.3. The van der Waals surface area contributed by atoms with E-state index in [0.717, 1.165) is 4.90 Å². The van der Waals surface area contributed by atoms with Crippen LogP contribution in [0.2, 0.25) is 0 Å². The Kier molecular flexibility index (Phi) is 4.79. The van der Waals surface area contributed by atoms with Crippen molar-refractivity contribution >= 4 is 24.4 Å². The van der Waals surface area contributed by atoms with Crippen molar-refractivity contribution in [2.75, 3.05) is 0 Å². The van der Waals surface area contributed by atoms with Crippen molar-refractivity contribution in [3.63, 3.8) is 0 Å². The molecule has 0 N–H and O–H groups in total. The Morgan fingerprint density at radius 1 is 0.714 bits per heavy atom. The van der Waals surface area contributed by atoms with Gasteiger partial charge < -0.3 is 0 Å². The minimum absolute atomic E-state index is 0.0464. The lowest BCUT2D eigenvalue weighted by Gasteiger charge is -2.25. The largest absolute Gasteiger partial charge is 0.143 e. The van der Waals surface area contributed by atoms with Gasteiger partial charge >= 0.3 is 0 Å². The Hall–Kier alpha value is -0.860. The second-order valence-electron chi connectivity index (χ2n) is 6.93. The number of benzene rings is 2. The zero-order valence-corrected chi connectivity index (χ0v) is 15.2. The van der Waals surface area contributed by atoms with Gasteiger partial charge in [-0.15, -0.1) is 24.4 Å². The van der Waals surface area contributed by atoms with Gasteiger partial charge in [-0.3, -0.25) is 0 Å². The van der Waals surface area contributed by atoms with E-state index < -0.39 is 0 Å². The highest BCUT2D eigenvalue weighted by molar-refractivity contribution is 8.00. The lowest BCUT2D eigenvalue weighted by atomic mass is 9.87. The highest BCUT2D eigenvalue weighted by Gasteiger charge is 2.22. The summed E-state index contributed by atoms with van der Waals surface area (Å²) in [5.41, 5.74) is 2.91. The maximum Gasteiger partial charge on any atom is 0.0399 e.